The molecule has 3 nitrogen and oxygen atoms in total. The summed E-state index contributed by atoms with van der Waals surface area (Å²) in [6, 6.07) is 12.6. The van der Waals surface area contributed by atoms with Crippen LogP contribution in [0, 0.1) is 13.8 Å². The number of aryl methyl sites for hydroxylation is 2. The summed E-state index contributed by atoms with van der Waals surface area (Å²) in [6.45, 7) is 8.60. The Morgan fingerprint density at radius 2 is 1.95 bits per heavy atom. The normalized spacial score (nSPS) is 10.6. The second-order valence-corrected chi connectivity index (χ2v) is 5.12. The first-order valence-electron chi connectivity index (χ1n) is 7.11. The van der Waals surface area contributed by atoms with Gasteiger partial charge in [-0.25, -0.2) is 0 Å². The Morgan fingerprint density at radius 3 is 2.60 bits per heavy atom. The number of pyridine rings is 1. The molecule has 0 saturated carbocycles. The molecule has 2 aromatic rings. The van der Waals surface area contributed by atoms with Crippen molar-refractivity contribution in [3.8, 4) is 0 Å². The fraction of sp³-hybridized carbons (Fsp3) is 0.353. The lowest BCUT2D eigenvalue weighted by atomic mass is 10.1. The van der Waals surface area contributed by atoms with Gasteiger partial charge in [0.1, 0.15) is 0 Å². The van der Waals surface area contributed by atoms with Crippen LogP contribution in [0.5, 0.6) is 0 Å². The Labute approximate surface area is 121 Å². The third kappa shape index (κ3) is 3.36. The Morgan fingerprint density at radius 1 is 1.15 bits per heavy atom. The molecule has 0 aliphatic heterocycles. The molecule has 0 atom stereocenters. The molecule has 1 heterocycles. The number of hydrogen-bond donors (Lipinski definition) is 1. The molecule has 20 heavy (non-hydrogen) atoms. The topological polar surface area (TPSA) is 42.2 Å². The molecule has 2 rings (SSSR count). The van der Waals surface area contributed by atoms with Gasteiger partial charge in [0, 0.05) is 24.5 Å². The summed E-state index contributed by atoms with van der Waals surface area (Å²) in [5.41, 5.74) is 11.7. The lowest BCUT2D eigenvalue weighted by Crippen LogP contribution is -2.24. The van der Waals surface area contributed by atoms with Crippen LogP contribution in [0.1, 0.15) is 29.4 Å². The van der Waals surface area contributed by atoms with Crippen LogP contribution in [0.4, 0.5) is 5.69 Å². The lowest BCUT2D eigenvalue weighted by Gasteiger charge is -2.25. The number of rotatable bonds is 5. The summed E-state index contributed by atoms with van der Waals surface area (Å²) < 4.78 is 0. The molecule has 1 aromatic carbocycles. The van der Waals surface area contributed by atoms with E-state index in [-0.39, 0.29) is 0 Å². The van der Waals surface area contributed by atoms with Gasteiger partial charge < -0.3 is 10.6 Å². The molecule has 0 bridgehead atoms. The minimum absolute atomic E-state index is 0.564. The summed E-state index contributed by atoms with van der Waals surface area (Å²) in [4.78, 5) is 6.91. The van der Waals surface area contributed by atoms with Crippen molar-refractivity contribution in [3.63, 3.8) is 0 Å². The van der Waals surface area contributed by atoms with Crippen LogP contribution < -0.4 is 10.6 Å². The van der Waals surface area contributed by atoms with Crippen molar-refractivity contribution in [2.45, 2.75) is 33.9 Å². The van der Waals surface area contributed by atoms with Crippen molar-refractivity contribution in [2.24, 2.45) is 5.73 Å². The van der Waals surface area contributed by atoms with Crippen LogP contribution >= 0.6 is 0 Å². The van der Waals surface area contributed by atoms with Crippen LogP contribution in [-0.2, 0) is 13.1 Å². The number of hydrogen-bond acceptors (Lipinski definition) is 3. The highest BCUT2D eigenvalue weighted by molar-refractivity contribution is 5.55. The van der Waals surface area contributed by atoms with E-state index in [0.717, 1.165) is 24.5 Å². The molecule has 0 aliphatic carbocycles. The maximum Gasteiger partial charge on any atom is 0.0602 e. The number of anilines is 1. The van der Waals surface area contributed by atoms with E-state index in [1.165, 1.54) is 16.8 Å². The van der Waals surface area contributed by atoms with Gasteiger partial charge in [0.15, 0.2) is 0 Å². The predicted octanol–water partition coefficient (Wildman–Crippen LogP) is 3.18. The predicted molar refractivity (Wildman–Crippen MR) is 84.8 cm³/mol. The van der Waals surface area contributed by atoms with Crippen molar-refractivity contribution >= 4 is 5.69 Å². The van der Waals surface area contributed by atoms with Crippen LogP contribution in [0.25, 0.3) is 0 Å². The summed E-state index contributed by atoms with van der Waals surface area (Å²) in [5, 5.41) is 0. The number of benzene rings is 1. The standard InChI is InChI=1S/C17H23N3/c1-4-20(12-16-7-5-6-14(3)19-16)17-9-8-13(2)10-15(17)11-18/h5-10H,4,11-12,18H2,1-3H3. The van der Waals surface area contributed by atoms with Crippen molar-refractivity contribution in [1.82, 2.24) is 4.98 Å². The highest BCUT2D eigenvalue weighted by atomic mass is 15.1. The molecule has 2 N–H and O–H groups in total. The van der Waals surface area contributed by atoms with E-state index in [9.17, 15) is 0 Å². The van der Waals surface area contributed by atoms with E-state index < -0.39 is 0 Å². The van der Waals surface area contributed by atoms with Gasteiger partial charge in [-0.05, 0) is 44.5 Å². The van der Waals surface area contributed by atoms with Gasteiger partial charge in [0.05, 0.1) is 12.2 Å². The van der Waals surface area contributed by atoms with Gasteiger partial charge in [0.25, 0.3) is 0 Å². The van der Waals surface area contributed by atoms with Gasteiger partial charge in [-0.1, -0.05) is 23.8 Å². The summed E-state index contributed by atoms with van der Waals surface area (Å²) in [5.74, 6) is 0. The van der Waals surface area contributed by atoms with Crippen LogP contribution in [0.15, 0.2) is 36.4 Å². The molecule has 1 aromatic heterocycles. The average Bonchev–Trinajstić information content (AvgIpc) is 2.45. The minimum atomic E-state index is 0.564. The second kappa shape index (κ2) is 6.53. The van der Waals surface area contributed by atoms with E-state index >= 15 is 0 Å². The van der Waals surface area contributed by atoms with Gasteiger partial charge in [-0.2, -0.15) is 0 Å². The van der Waals surface area contributed by atoms with Crippen LogP contribution in [0.2, 0.25) is 0 Å². The van der Waals surface area contributed by atoms with E-state index in [1.54, 1.807) is 0 Å². The highest BCUT2D eigenvalue weighted by Crippen LogP contribution is 2.23. The molecule has 0 fully saturated rings. The van der Waals surface area contributed by atoms with Crippen molar-refractivity contribution in [1.29, 1.82) is 0 Å². The van der Waals surface area contributed by atoms with Crippen molar-refractivity contribution in [2.75, 3.05) is 11.4 Å². The van der Waals surface area contributed by atoms with Crippen molar-refractivity contribution < 1.29 is 0 Å². The quantitative estimate of drug-likeness (QED) is 0.906. The molecule has 0 amide bonds. The maximum absolute atomic E-state index is 5.89. The summed E-state index contributed by atoms with van der Waals surface area (Å²) in [6.07, 6.45) is 0. The molecule has 3 heteroatoms. The van der Waals surface area contributed by atoms with Crippen LogP contribution in [0.3, 0.4) is 0 Å². The summed E-state index contributed by atoms with van der Waals surface area (Å²) in [7, 11) is 0. The molecule has 0 unspecified atom stereocenters. The zero-order valence-corrected chi connectivity index (χ0v) is 12.6. The third-order valence-corrected chi connectivity index (χ3v) is 3.48. The number of nitrogens with two attached hydrogens (primary N) is 1. The smallest absolute Gasteiger partial charge is 0.0602 e. The van der Waals surface area contributed by atoms with E-state index in [4.69, 9.17) is 5.73 Å². The molecule has 0 spiro atoms. The molecule has 106 valence electrons. The molecule has 0 radical (unpaired) electrons. The van der Waals surface area contributed by atoms with E-state index in [1.807, 2.05) is 13.0 Å². The van der Waals surface area contributed by atoms with Crippen LogP contribution in [-0.4, -0.2) is 11.5 Å². The zero-order chi connectivity index (χ0) is 14.5. The average molecular weight is 269 g/mol. The Kier molecular flexibility index (Phi) is 4.74. The first kappa shape index (κ1) is 14.5. The first-order chi connectivity index (χ1) is 9.63. The Hall–Kier alpha value is -1.87. The van der Waals surface area contributed by atoms with E-state index in [2.05, 4.69) is 54.1 Å². The fourth-order valence-electron chi connectivity index (χ4n) is 2.44. The van der Waals surface area contributed by atoms with Gasteiger partial charge >= 0.3 is 0 Å². The number of aromatic nitrogens is 1. The maximum atomic E-state index is 5.89. The summed E-state index contributed by atoms with van der Waals surface area (Å²) >= 11 is 0. The van der Waals surface area contributed by atoms with E-state index in [0.29, 0.717) is 6.54 Å². The SMILES string of the molecule is CCN(Cc1cccc(C)n1)c1ccc(C)cc1CN. The third-order valence-electron chi connectivity index (χ3n) is 3.48. The molecule has 0 saturated heterocycles. The highest BCUT2D eigenvalue weighted by Gasteiger charge is 2.10. The first-order valence-corrected chi connectivity index (χ1v) is 7.11. The monoisotopic (exact) mass is 269 g/mol. The Bertz CT molecular complexity index is 578. The van der Waals surface area contributed by atoms with Gasteiger partial charge in [-0.15, -0.1) is 0 Å². The second-order valence-electron chi connectivity index (χ2n) is 5.12. The largest absolute Gasteiger partial charge is 0.366 e. The molecule has 0 aliphatic rings. The fourth-order valence-corrected chi connectivity index (χ4v) is 2.44. The molecular weight excluding hydrogens is 246 g/mol. The minimum Gasteiger partial charge on any atom is -0.366 e. The molecular formula is C17H23N3. The van der Waals surface area contributed by atoms with Crippen molar-refractivity contribution in [3.05, 3.63) is 58.9 Å². The Balaban J connectivity index is 2.28. The lowest BCUT2D eigenvalue weighted by molar-refractivity contribution is 0.797. The van der Waals surface area contributed by atoms with Gasteiger partial charge in [0.2, 0.25) is 0 Å². The zero-order valence-electron chi connectivity index (χ0n) is 12.6. The van der Waals surface area contributed by atoms with Gasteiger partial charge in [-0.3, -0.25) is 4.98 Å². The number of nitrogens with zero attached hydrogens (tertiary/aromatic N) is 2.